The highest BCUT2D eigenvalue weighted by Gasteiger charge is 2.22. The van der Waals surface area contributed by atoms with E-state index in [4.69, 9.17) is 9.84 Å². The SMILES string of the molecule is CC(CCCC(=O)O)NC(=O)C1CCCOC1. The van der Waals surface area contributed by atoms with Gasteiger partial charge in [0.25, 0.3) is 0 Å². The Morgan fingerprint density at radius 3 is 2.88 bits per heavy atom. The van der Waals surface area contributed by atoms with Crippen LogP contribution in [-0.4, -0.2) is 36.2 Å². The van der Waals surface area contributed by atoms with E-state index in [2.05, 4.69) is 5.32 Å². The third-order valence-electron chi connectivity index (χ3n) is 2.95. The van der Waals surface area contributed by atoms with Crippen molar-refractivity contribution in [1.29, 1.82) is 0 Å². The first-order valence-corrected chi connectivity index (χ1v) is 6.19. The van der Waals surface area contributed by atoms with Crippen molar-refractivity contribution in [2.24, 2.45) is 5.92 Å². The van der Waals surface area contributed by atoms with Gasteiger partial charge in [-0.15, -0.1) is 0 Å². The summed E-state index contributed by atoms with van der Waals surface area (Å²) < 4.78 is 5.26. The maximum atomic E-state index is 11.8. The van der Waals surface area contributed by atoms with Crippen LogP contribution in [0.2, 0.25) is 0 Å². The first-order valence-electron chi connectivity index (χ1n) is 6.19. The number of aliphatic carboxylic acids is 1. The van der Waals surface area contributed by atoms with Gasteiger partial charge in [-0.05, 0) is 32.6 Å². The van der Waals surface area contributed by atoms with Crippen LogP contribution in [0.25, 0.3) is 0 Å². The third kappa shape index (κ3) is 5.68. The van der Waals surface area contributed by atoms with Crippen LogP contribution in [-0.2, 0) is 14.3 Å². The number of carboxylic acids is 1. The first kappa shape index (κ1) is 14.0. The van der Waals surface area contributed by atoms with Crippen LogP contribution in [0.15, 0.2) is 0 Å². The van der Waals surface area contributed by atoms with Gasteiger partial charge < -0.3 is 15.2 Å². The third-order valence-corrected chi connectivity index (χ3v) is 2.95. The van der Waals surface area contributed by atoms with Gasteiger partial charge in [0, 0.05) is 19.1 Å². The molecule has 0 saturated carbocycles. The lowest BCUT2D eigenvalue weighted by Gasteiger charge is -2.23. The molecule has 5 nitrogen and oxygen atoms in total. The van der Waals surface area contributed by atoms with E-state index in [1.807, 2.05) is 6.92 Å². The van der Waals surface area contributed by atoms with E-state index in [0.29, 0.717) is 19.4 Å². The largest absolute Gasteiger partial charge is 0.481 e. The topological polar surface area (TPSA) is 75.6 Å². The van der Waals surface area contributed by atoms with Gasteiger partial charge in [0.05, 0.1) is 12.5 Å². The zero-order chi connectivity index (χ0) is 12.7. The standard InChI is InChI=1S/C12H21NO4/c1-9(4-2-6-11(14)15)13-12(16)10-5-3-7-17-8-10/h9-10H,2-8H2,1H3,(H,13,16)(H,14,15). The lowest BCUT2D eigenvalue weighted by Crippen LogP contribution is -2.40. The van der Waals surface area contributed by atoms with Crippen molar-refractivity contribution < 1.29 is 19.4 Å². The van der Waals surface area contributed by atoms with Gasteiger partial charge in [0.15, 0.2) is 0 Å². The second-order valence-corrected chi connectivity index (χ2v) is 4.61. The summed E-state index contributed by atoms with van der Waals surface area (Å²) in [7, 11) is 0. The molecule has 0 aromatic rings. The van der Waals surface area contributed by atoms with E-state index in [1.165, 1.54) is 0 Å². The summed E-state index contributed by atoms with van der Waals surface area (Å²) in [4.78, 5) is 22.1. The minimum Gasteiger partial charge on any atom is -0.481 e. The van der Waals surface area contributed by atoms with Crippen LogP contribution in [0.5, 0.6) is 0 Å². The van der Waals surface area contributed by atoms with Gasteiger partial charge in [-0.2, -0.15) is 0 Å². The summed E-state index contributed by atoms with van der Waals surface area (Å²) in [5, 5.41) is 11.4. The van der Waals surface area contributed by atoms with Crippen molar-refractivity contribution in [3.8, 4) is 0 Å². The molecule has 17 heavy (non-hydrogen) atoms. The lowest BCUT2D eigenvalue weighted by atomic mass is 10.0. The Kier molecular flexibility index (Phi) is 5.97. The molecule has 1 aliphatic heterocycles. The van der Waals surface area contributed by atoms with E-state index < -0.39 is 5.97 Å². The van der Waals surface area contributed by atoms with E-state index >= 15 is 0 Å². The summed E-state index contributed by atoms with van der Waals surface area (Å²) in [6, 6.07) is 0.0313. The van der Waals surface area contributed by atoms with Gasteiger partial charge in [0.2, 0.25) is 5.91 Å². The van der Waals surface area contributed by atoms with Gasteiger partial charge in [-0.3, -0.25) is 9.59 Å². The number of rotatable bonds is 6. The van der Waals surface area contributed by atoms with Gasteiger partial charge in [-0.25, -0.2) is 0 Å². The Balaban J connectivity index is 2.18. The monoisotopic (exact) mass is 243 g/mol. The minimum absolute atomic E-state index is 0.0313. The lowest BCUT2D eigenvalue weighted by molar-refractivity contribution is -0.137. The number of carbonyl (C=O) groups is 2. The zero-order valence-corrected chi connectivity index (χ0v) is 10.3. The normalized spacial score (nSPS) is 21.8. The number of hydrogen-bond acceptors (Lipinski definition) is 3. The molecular formula is C12H21NO4. The van der Waals surface area contributed by atoms with Gasteiger partial charge in [-0.1, -0.05) is 0 Å². The highest BCUT2D eigenvalue weighted by atomic mass is 16.5. The fraction of sp³-hybridized carbons (Fsp3) is 0.833. The van der Waals surface area contributed by atoms with Crippen molar-refractivity contribution in [3.05, 3.63) is 0 Å². The number of carbonyl (C=O) groups excluding carboxylic acids is 1. The van der Waals surface area contributed by atoms with Crippen LogP contribution in [0.3, 0.4) is 0 Å². The quantitative estimate of drug-likeness (QED) is 0.734. The predicted octanol–water partition coefficient (Wildman–Crippen LogP) is 1.17. The molecule has 0 aromatic heterocycles. The number of ether oxygens (including phenoxy) is 1. The number of hydrogen-bond donors (Lipinski definition) is 2. The Morgan fingerprint density at radius 1 is 1.53 bits per heavy atom. The van der Waals surface area contributed by atoms with E-state index in [-0.39, 0.29) is 24.3 Å². The van der Waals surface area contributed by atoms with E-state index in [0.717, 1.165) is 19.4 Å². The molecule has 1 fully saturated rings. The van der Waals surface area contributed by atoms with Crippen LogP contribution >= 0.6 is 0 Å². The molecule has 1 rings (SSSR count). The molecule has 1 amide bonds. The second kappa shape index (κ2) is 7.27. The Hall–Kier alpha value is -1.10. The molecule has 2 atom stereocenters. The molecule has 2 N–H and O–H groups in total. The van der Waals surface area contributed by atoms with Crippen molar-refractivity contribution >= 4 is 11.9 Å². The second-order valence-electron chi connectivity index (χ2n) is 4.61. The van der Waals surface area contributed by atoms with E-state index in [1.54, 1.807) is 0 Å². The molecular weight excluding hydrogens is 222 g/mol. The molecule has 0 aromatic carbocycles. The predicted molar refractivity (Wildman–Crippen MR) is 62.6 cm³/mol. The van der Waals surface area contributed by atoms with Crippen molar-refractivity contribution in [3.63, 3.8) is 0 Å². The minimum atomic E-state index is -0.788. The molecule has 0 bridgehead atoms. The van der Waals surface area contributed by atoms with E-state index in [9.17, 15) is 9.59 Å². The van der Waals surface area contributed by atoms with Gasteiger partial charge in [0.1, 0.15) is 0 Å². The molecule has 1 heterocycles. The molecule has 5 heteroatoms. The maximum Gasteiger partial charge on any atom is 0.303 e. The summed E-state index contributed by atoms with van der Waals surface area (Å²) in [5.74, 6) is -0.789. The molecule has 0 spiro atoms. The summed E-state index contributed by atoms with van der Waals surface area (Å²) in [5.41, 5.74) is 0. The fourth-order valence-electron chi connectivity index (χ4n) is 1.94. The zero-order valence-electron chi connectivity index (χ0n) is 10.3. The Bertz CT molecular complexity index is 261. The van der Waals surface area contributed by atoms with Crippen LogP contribution in [0, 0.1) is 5.92 Å². The summed E-state index contributed by atoms with van der Waals surface area (Å²) in [6.07, 6.45) is 3.27. The smallest absolute Gasteiger partial charge is 0.303 e. The summed E-state index contributed by atoms with van der Waals surface area (Å²) >= 11 is 0. The number of nitrogens with one attached hydrogen (secondary N) is 1. The first-order chi connectivity index (χ1) is 8.09. The molecule has 1 aliphatic rings. The Labute approximate surface area is 102 Å². The fourth-order valence-corrected chi connectivity index (χ4v) is 1.94. The van der Waals surface area contributed by atoms with Gasteiger partial charge >= 0.3 is 5.97 Å². The van der Waals surface area contributed by atoms with Crippen molar-refractivity contribution in [2.75, 3.05) is 13.2 Å². The van der Waals surface area contributed by atoms with Crippen molar-refractivity contribution in [2.45, 2.75) is 45.1 Å². The number of amides is 1. The molecule has 98 valence electrons. The highest BCUT2D eigenvalue weighted by Crippen LogP contribution is 2.14. The van der Waals surface area contributed by atoms with Crippen LogP contribution in [0.1, 0.15) is 39.0 Å². The molecule has 1 saturated heterocycles. The average Bonchev–Trinajstić information content (AvgIpc) is 2.29. The molecule has 0 radical (unpaired) electrons. The Morgan fingerprint density at radius 2 is 2.29 bits per heavy atom. The maximum absolute atomic E-state index is 11.8. The highest BCUT2D eigenvalue weighted by molar-refractivity contribution is 5.79. The van der Waals surface area contributed by atoms with Crippen molar-refractivity contribution in [1.82, 2.24) is 5.32 Å². The molecule has 0 aliphatic carbocycles. The number of carboxylic acid groups (broad SMARTS) is 1. The van der Waals surface area contributed by atoms with Crippen LogP contribution in [0.4, 0.5) is 0 Å². The molecule has 2 unspecified atom stereocenters. The van der Waals surface area contributed by atoms with Crippen LogP contribution < -0.4 is 5.32 Å². The summed E-state index contributed by atoms with van der Waals surface area (Å²) in [6.45, 7) is 3.16. The average molecular weight is 243 g/mol.